The summed E-state index contributed by atoms with van der Waals surface area (Å²) in [6.07, 6.45) is 6.68. The molecule has 19 heavy (non-hydrogen) atoms. The van der Waals surface area contributed by atoms with Crippen molar-refractivity contribution in [2.24, 2.45) is 0 Å². The molecule has 0 spiro atoms. The van der Waals surface area contributed by atoms with Crippen molar-refractivity contribution in [2.75, 3.05) is 6.26 Å². The monoisotopic (exact) mass is 284 g/mol. The van der Waals surface area contributed by atoms with Crippen molar-refractivity contribution in [3.8, 4) is 0 Å². The lowest BCUT2D eigenvalue weighted by atomic mass is 9.95. The first kappa shape index (κ1) is 14.2. The summed E-state index contributed by atoms with van der Waals surface area (Å²) >= 11 is 1.89. The fraction of sp³-hybridized carbons (Fsp3) is 0.750. The van der Waals surface area contributed by atoms with Crippen LogP contribution < -0.4 is 10.6 Å². The van der Waals surface area contributed by atoms with E-state index in [1.54, 1.807) is 6.92 Å². The molecule has 1 aromatic heterocycles. The largest absolute Gasteiger partial charge is 0.340 e. The van der Waals surface area contributed by atoms with Crippen LogP contribution in [0.5, 0.6) is 0 Å². The second-order valence-electron chi connectivity index (χ2n) is 4.78. The SMILES string of the molecule is CS[C@H]1CCC[C@H](NC(=O)NCc2noc(C)n2)C1. The number of hydrogen-bond acceptors (Lipinski definition) is 5. The number of thioether (sulfide) groups is 1. The highest BCUT2D eigenvalue weighted by Crippen LogP contribution is 2.26. The standard InChI is InChI=1S/C12H20N4O2S/c1-8-14-11(16-18-8)7-13-12(17)15-9-4-3-5-10(6-9)19-2/h9-10H,3-7H2,1-2H3,(H2,13,15,17)/t9-,10-/m0/s1. The number of hydrogen-bond donors (Lipinski definition) is 2. The zero-order valence-corrected chi connectivity index (χ0v) is 12.1. The van der Waals surface area contributed by atoms with Gasteiger partial charge in [0, 0.05) is 18.2 Å². The maximum atomic E-state index is 11.8. The van der Waals surface area contributed by atoms with Gasteiger partial charge >= 0.3 is 6.03 Å². The van der Waals surface area contributed by atoms with Gasteiger partial charge in [0.1, 0.15) is 0 Å². The Morgan fingerprint density at radius 3 is 3.05 bits per heavy atom. The van der Waals surface area contributed by atoms with Crippen LogP contribution in [0.1, 0.15) is 37.4 Å². The molecule has 0 radical (unpaired) electrons. The maximum absolute atomic E-state index is 11.8. The van der Waals surface area contributed by atoms with Crippen LogP contribution in [0.15, 0.2) is 4.52 Å². The van der Waals surface area contributed by atoms with Gasteiger partial charge in [0.2, 0.25) is 5.89 Å². The lowest BCUT2D eigenvalue weighted by Crippen LogP contribution is -2.44. The van der Waals surface area contributed by atoms with Gasteiger partial charge in [-0.15, -0.1) is 0 Å². The Bertz CT molecular complexity index is 424. The van der Waals surface area contributed by atoms with Crippen LogP contribution in [-0.4, -0.2) is 33.7 Å². The Morgan fingerprint density at radius 1 is 1.53 bits per heavy atom. The molecule has 2 amide bonds. The minimum absolute atomic E-state index is 0.158. The maximum Gasteiger partial charge on any atom is 0.315 e. The molecule has 106 valence electrons. The molecule has 0 aliphatic heterocycles. The first-order chi connectivity index (χ1) is 9.17. The average molecular weight is 284 g/mol. The first-order valence-corrected chi connectivity index (χ1v) is 7.82. The van der Waals surface area contributed by atoms with Gasteiger partial charge in [-0.2, -0.15) is 16.7 Å². The quantitative estimate of drug-likeness (QED) is 0.882. The Labute approximate surface area is 117 Å². The van der Waals surface area contributed by atoms with Gasteiger partial charge in [-0.25, -0.2) is 4.79 Å². The van der Waals surface area contributed by atoms with Crippen molar-refractivity contribution in [1.29, 1.82) is 0 Å². The second-order valence-corrected chi connectivity index (χ2v) is 5.92. The summed E-state index contributed by atoms with van der Waals surface area (Å²) in [4.78, 5) is 15.8. The van der Waals surface area contributed by atoms with E-state index in [4.69, 9.17) is 4.52 Å². The number of amides is 2. The van der Waals surface area contributed by atoms with E-state index in [1.807, 2.05) is 11.8 Å². The number of carbonyl (C=O) groups is 1. The predicted octanol–water partition coefficient (Wildman–Crippen LogP) is 1.85. The third kappa shape index (κ3) is 4.41. The molecule has 0 unspecified atom stereocenters. The average Bonchev–Trinajstić information content (AvgIpc) is 2.82. The Kier molecular flexibility index (Phi) is 5.07. The number of carbonyl (C=O) groups excluding carboxylic acids is 1. The third-order valence-corrected chi connectivity index (χ3v) is 4.37. The molecule has 1 saturated carbocycles. The van der Waals surface area contributed by atoms with Crippen molar-refractivity contribution < 1.29 is 9.32 Å². The van der Waals surface area contributed by atoms with Crippen LogP contribution in [0.3, 0.4) is 0 Å². The molecule has 2 rings (SSSR count). The van der Waals surface area contributed by atoms with Gasteiger partial charge in [0.25, 0.3) is 0 Å². The lowest BCUT2D eigenvalue weighted by Gasteiger charge is -2.28. The van der Waals surface area contributed by atoms with Gasteiger partial charge in [0.05, 0.1) is 6.54 Å². The summed E-state index contributed by atoms with van der Waals surface area (Å²) in [5, 5.41) is 10.2. The van der Waals surface area contributed by atoms with E-state index in [0.717, 1.165) is 12.8 Å². The van der Waals surface area contributed by atoms with Crippen LogP contribution in [0.4, 0.5) is 4.79 Å². The smallest absolute Gasteiger partial charge is 0.315 e. The van der Waals surface area contributed by atoms with Gasteiger partial charge in [0.15, 0.2) is 5.82 Å². The van der Waals surface area contributed by atoms with E-state index in [1.165, 1.54) is 12.8 Å². The van der Waals surface area contributed by atoms with E-state index in [9.17, 15) is 4.79 Å². The molecule has 0 bridgehead atoms. The van der Waals surface area contributed by atoms with E-state index in [0.29, 0.717) is 23.5 Å². The van der Waals surface area contributed by atoms with Crippen molar-refractivity contribution in [1.82, 2.24) is 20.8 Å². The molecule has 0 saturated heterocycles. The minimum atomic E-state index is -0.158. The summed E-state index contributed by atoms with van der Waals surface area (Å²) in [6, 6.07) is 0.118. The Morgan fingerprint density at radius 2 is 2.37 bits per heavy atom. The highest BCUT2D eigenvalue weighted by atomic mass is 32.2. The van der Waals surface area contributed by atoms with Crippen molar-refractivity contribution in [2.45, 2.75) is 50.4 Å². The normalized spacial score (nSPS) is 23.1. The molecule has 1 fully saturated rings. The molecular formula is C12H20N4O2S. The fourth-order valence-corrected chi connectivity index (χ4v) is 3.13. The Hall–Kier alpha value is -1.24. The Balaban J connectivity index is 1.72. The minimum Gasteiger partial charge on any atom is -0.340 e. The zero-order chi connectivity index (χ0) is 13.7. The highest BCUT2D eigenvalue weighted by Gasteiger charge is 2.22. The number of nitrogens with one attached hydrogen (secondary N) is 2. The number of aromatic nitrogens is 2. The zero-order valence-electron chi connectivity index (χ0n) is 11.3. The third-order valence-electron chi connectivity index (χ3n) is 3.27. The van der Waals surface area contributed by atoms with Crippen LogP contribution in [0.25, 0.3) is 0 Å². The lowest BCUT2D eigenvalue weighted by molar-refractivity contribution is 0.232. The molecule has 1 aliphatic rings. The summed E-state index contributed by atoms with van der Waals surface area (Å²) < 4.78 is 4.84. The molecule has 2 N–H and O–H groups in total. The number of urea groups is 1. The first-order valence-electron chi connectivity index (χ1n) is 6.53. The van der Waals surface area contributed by atoms with Gasteiger partial charge in [-0.3, -0.25) is 0 Å². The van der Waals surface area contributed by atoms with Crippen LogP contribution >= 0.6 is 11.8 Å². The predicted molar refractivity (Wildman–Crippen MR) is 74.0 cm³/mol. The van der Waals surface area contributed by atoms with E-state index in [2.05, 4.69) is 27.0 Å². The van der Waals surface area contributed by atoms with E-state index >= 15 is 0 Å². The summed E-state index contributed by atoms with van der Waals surface area (Å²) in [5.74, 6) is 1.01. The molecule has 6 nitrogen and oxygen atoms in total. The van der Waals surface area contributed by atoms with Crippen LogP contribution in [0.2, 0.25) is 0 Å². The molecular weight excluding hydrogens is 264 g/mol. The number of aryl methyl sites for hydroxylation is 1. The van der Waals surface area contributed by atoms with Crippen molar-refractivity contribution in [3.63, 3.8) is 0 Å². The van der Waals surface area contributed by atoms with Gasteiger partial charge in [-0.05, 0) is 25.5 Å². The number of nitrogens with zero attached hydrogens (tertiary/aromatic N) is 2. The van der Waals surface area contributed by atoms with Crippen molar-refractivity contribution >= 4 is 17.8 Å². The summed E-state index contributed by atoms with van der Waals surface area (Å²) in [7, 11) is 0. The summed E-state index contributed by atoms with van der Waals surface area (Å²) in [5.41, 5.74) is 0. The molecule has 0 aromatic carbocycles. The van der Waals surface area contributed by atoms with Gasteiger partial charge < -0.3 is 15.2 Å². The van der Waals surface area contributed by atoms with Gasteiger partial charge in [-0.1, -0.05) is 11.6 Å². The summed E-state index contributed by atoms with van der Waals surface area (Å²) in [6.45, 7) is 2.02. The molecule has 1 aromatic rings. The molecule has 2 atom stereocenters. The molecule has 1 aliphatic carbocycles. The second kappa shape index (κ2) is 6.79. The molecule has 7 heteroatoms. The van der Waals surface area contributed by atoms with Crippen LogP contribution in [0, 0.1) is 6.92 Å². The van der Waals surface area contributed by atoms with Crippen molar-refractivity contribution in [3.05, 3.63) is 11.7 Å². The van der Waals surface area contributed by atoms with Crippen LogP contribution in [-0.2, 0) is 6.54 Å². The molecule has 1 heterocycles. The topological polar surface area (TPSA) is 80.0 Å². The number of rotatable bonds is 4. The fourth-order valence-electron chi connectivity index (χ4n) is 2.30. The van der Waals surface area contributed by atoms with E-state index in [-0.39, 0.29) is 12.1 Å². The highest BCUT2D eigenvalue weighted by molar-refractivity contribution is 7.99. The van der Waals surface area contributed by atoms with E-state index < -0.39 is 0 Å².